The number of ether oxygens (including phenoxy) is 1. The van der Waals surface area contributed by atoms with Crippen molar-refractivity contribution in [2.24, 2.45) is 5.92 Å². The topological polar surface area (TPSA) is 102 Å². The summed E-state index contributed by atoms with van der Waals surface area (Å²) in [4.78, 5) is 43.7. The lowest BCUT2D eigenvalue weighted by Gasteiger charge is -2.39. The molecule has 1 saturated carbocycles. The number of aromatic hydroxyl groups is 1. The van der Waals surface area contributed by atoms with Crippen molar-refractivity contribution in [1.29, 1.82) is 0 Å². The minimum atomic E-state index is -0.587. The number of imide groups is 1. The van der Waals surface area contributed by atoms with Gasteiger partial charge in [-0.15, -0.1) is 0 Å². The monoisotopic (exact) mass is 724 g/mol. The number of nitrogens with zero attached hydrogens (tertiary/aromatic N) is 3. The van der Waals surface area contributed by atoms with Crippen molar-refractivity contribution in [2.75, 3.05) is 37.6 Å². The predicted octanol–water partition coefficient (Wildman–Crippen LogP) is 6.38. The number of benzene rings is 4. The molecule has 3 heterocycles. The van der Waals surface area contributed by atoms with Crippen molar-refractivity contribution >= 4 is 23.4 Å². The number of amides is 3. The second-order valence-corrected chi connectivity index (χ2v) is 15.9. The lowest BCUT2D eigenvalue weighted by Crippen LogP contribution is -2.52. The van der Waals surface area contributed by atoms with Crippen LogP contribution in [0.3, 0.4) is 0 Å². The molecule has 9 rings (SSSR count). The smallest absolute Gasteiger partial charge is 0.255 e. The number of phenols is 1. The van der Waals surface area contributed by atoms with Gasteiger partial charge in [0.05, 0.1) is 6.10 Å². The first-order chi connectivity index (χ1) is 26.4. The molecule has 9 nitrogen and oxygen atoms in total. The summed E-state index contributed by atoms with van der Waals surface area (Å²) in [6.07, 6.45) is 6.31. The Balaban J connectivity index is 0.739. The fraction of sp³-hybridized carbons (Fsp3) is 0.400. The van der Waals surface area contributed by atoms with Gasteiger partial charge in [0.1, 0.15) is 17.5 Å². The molecule has 4 aromatic rings. The van der Waals surface area contributed by atoms with Gasteiger partial charge in [0.2, 0.25) is 11.8 Å². The molecule has 0 radical (unpaired) electrons. The molecule has 1 unspecified atom stereocenters. The highest BCUT2D eigenvalue weighted by Gasteiger charge is 2.39. The van der Waals surface area contributed by atoms with Crippen LogP contribution in [0.15, 0.2) is 91.0 Å². The third-order valence-corrected chi connectivity index (χ3v) is 12.6. The molecule has 2 saturated heterocycles. The summed E-state index contributed by atoms with van der Waals surface area (Å²) in [7, 11) is 0. The van der Waals surface area contributed by atoms with Gasteiger partial charge in [0.25, 0.3) is 5.91 Å². The highest BCUT2D eigenvalue weighted by Crippen LogP contribution is 2.47. The van der Waals surface area contributed by atoms with Crippen LogP contribution in [0.1, 0.15) is 88.5 Å². The first-order valence-electron chi connectivity index (χ1n) is 19.7. The Labute approximate surface area is 316 Å². The summed E-state index contributed by atoms with van der Waals surface area (Å²) in [5, 5.41) is 12.6. The maximum atomic E-state index is 13.1. The molecule has 0 bridgehead atoms. The Bertz CT molecular complexity index is 2040. The van der Waals surface area contributed by atoms with E-state index in [-0.39, 0.29) is 36.2 Å². The van der Waals surface area contributed by atoms with Crippen molar-refractivity contribution in [1.82, 2.24) is 15.1 Å². The van der Waals surface area contributed by atoms with E-state index in [4.69, 9.17) is 4.74 Å². The van der Waals surface area contributed by atoms with E-state index in [1.807, 2.05) is 24.3 Å². The summed E-state index contributed by atoms with van der Waals surface area (Å²) < 4.78 is 6.45. The van der Waals surface area contributed by atoms with Gasteiger partial charge in [-0.25, -0.2) is 0 Å². The largest absolute Gasteiger partial charge is 0.508 e. The van der Waals surface area contributed by atoms with Crippen molar-refractivity contribution in [2.45, 2.75) is 75.5 Å². The van der Waals surface area contributed by atoms with Crippen molar-refractivity contribution in [3.8, 4) is 11.5 Å². The predicted molar refractivity (Wildman–Crippen MR) is 207 cm³/mol. The molecule has 9 heteroatoms. The number of carbonyl (C=O) groups is 3. The van der Waals surface area contributed by atoms with Gasteiger partial charge in [0.15, 0.2) is 0 Å². The number of nitrogens with one attached hydrogen (secondary N) is 1. The van der Waals surface area contributed by atoms with Crippen LogP contribution in [0.25, 0.3) is 0 Å². The van der Waals surface area contributed by atoms with Crippen LogP contribution < -0.4 is 15.0 Å². The first kappa shape index (κ1) is 34.6. The number of piperazine rings is 1. The van der Waals surface area contributed by atoms with Crippen LogP contribution in [0.5, 0.6) is 11.5 Å². The third kappa shape index (κ3) is 6.86. The summed E-state index contributed by atoms with van der Waals surface area (Å²) in [6, 6.07) is 30.9. The van der Waals surface area contributed by atoms with Gasteiger partial charge in [-0.05, 0) is 127 Å². The number of anilines is 1. The number of aryl methyl sites for hydroxylation is 1. The number of piperidine rings is 1. The molecule has 5 aliphatic rings. The third-order valence-electron chi connectivity index (χ3n) is 12.6. The number of carbonyl (C=O) groups excluding carboxylic acids is 3. The van der Waals surface area contributed by atoms with E-state index in [1.165, 1.54) is 28.7 Å². The second kappa shape index (κ2) is 14.6. The van der Waals surface area contributed by atoms with E-state index in [9.17, 15) is 19.5 Å². The van der Waals surface area contributed by atoms with Gasteiger partial charge in [-0.2, -0.15) is 0 Å². The Morgan fingerprint density at radius 3 is 2.35 bits per heavy atom. The molecule has 0 aromatic heterocycles. The van der Waals surface area contributed by atoms with Crippen LogP contribution in [-0.4, -0.2) is 77.5 Å². The molecule has 4 aromatic carbocycles. The van der Waals surface area contributed by atoms with E-state index >= 15 is 0 Å². The average Bonchev–Trinajstić information content (AvgIpc) is 3.50. The minimum absolute atomic E-state index is 0.126. The lowest BCUT2D eigenvalue weighted by atomic mass is 9.69. The molecular formula is C45H48N4O5. The maximum absolute atomic E-state index is 13.1. The minimum Gasteiger partial charge on any atom is -0.508 e. The number of hydrogen-bond donors (Lipinski definition) is 2. The van der Waals surface area contributed by atoms with E-state index in [1.54, 1.807) is 4.90 Å². The maximum Gasteiger partial charge on any atom is 0.255 e. The standard InChI is InChI=1S/C45H48N4O5/c50-35-10-15-39-32(27-35)8-13-38(30-4-2-1-3-5-30)43(39)31-6-11-36(12-7-31)54-37-24-29(25-37)18-19-47-20-22-48(23-21-47)34-9-14-40-33(26-34)28-49(45(40)53)41-16-17-42(51)46-44(41)52/h1-7,9-12,14-15,26-27,29,37-38,41,43,50H,8,13,16-25,28H2,(H,46,51,52)/t29-,37+,38-,41?,43+/m1/s1. The van der Waals surface area contributed by atoms with Crippen molar-refractivity contribution in [3.05, 3.63) is 124 Å². The molecule has 2 aliphatic carbocycles. The number of fused-ring (bicyclic) bond motifs is 2. The molecule has 3 fully saturated rings. The molecule has 2 N–H and O–H groups in total. The molecule has 3 atom stereocenters. The second-order valence-electron chi connectivity index (χ2n) is 15.9. The normalized spacial score (nSPS) is 25.5. The van der Waals surface area contributed by atoms with Crippen molar-refractivity contribution < 1.29 is 24.2 Å². The fourth-order valence-corrected chi connectivity index (χ4v) is 9.58. The van der Waals surface area contributed by atoms with E-state index in [0.717, 1.165) is 75.4 Å². The molecule has 3 aliphatic heterocycles. The summed E-state index contributed by atoms with van der Waals surface area (Å²) in [5.74, 6) is 1.82. The molecular weight excluding hydrogens is 677 g/mol. The molecule has 278 valence electrons. The van der Waals surface area contributed by atoms with Crippen molar-refractivity contribution in [3.63, 3.8) is 0 Å². The van der Waals surface area contributed by atoms with Crippen LogP contribution in [0.4, 0.5) is 5.69 Å². The zero-order chi connectivity index (χ0) is 36.8. The van der Waals surface area contributed by atoms with Gasteiger partial charge in [-0.1, -0.05) is 48.5 Å². The Hall–Kier alpha value is -5.15. The Morgan fingerprint density at radius 2 is 1.57 bits per heavy atom. The van der Waals surface area contributed by atoms with Gasteiger partial charge >= 0.3 is 0 Å². The SMILES string of the molecule is O=C1CCC(N2Cc3cc(N4CCN(CC[C@H]5C[C@@H](Oc6ccc([C@@H]7c8ccc(O)cc8CC[C@@H]7c7ccccc7)cc6)C5)CC4)ccc3C2=O)C(=O)N1. The highest BCUT2D eigenvalue weighted by atomic mass is 16.5. The number of rotatable bonds is 9. The summed E-state index contributed by atoms with van der Waals surface area (Å²) in [5.41, 5.74) is 7.95. The van der Waals surface area contributed by atoms with E-state index < -0.39 is 6.04 Å². The van der Waals surface area contributed by atoms with E-state index in [2.05, 4.69) is 81.8 Å². The lowest BCUT2D eigenvalue weighted by molar-refractivity contribution is -0.136. The average molecular weight is 725 g/mol. The first-order valence-corrected chi connectivity index (χ1v) is 19.7. The zero-order valence-corrected chi connectivity index (χ0v) is 30.7. The summed E-state index contributed by atoms with van der Waals surface area (Å²) >= 11 is 0. The zero-order valence-electron chi connectivity index (χ0n) is 30.7. The number of phenolic OH excluding ortho intramolecular Hbond substituents is 1. The summed E-state index contributed by atoms with van der Waals surface area (Å²) in [6.45, 7) is 5.41. The fourth-order valence-electron chi connectivity index (χ4n) is 9.58. The van der Waals surface area contributed by atoms with Crippen LogP contribution >= 0.6 is 0 Å². The molecule has 0 spiro atoms. The Kier molecular flexibility index (Phi) is 9.35. The molecule has 54 heavy (non-hydrogen) atoms. The highest BCUT2D eigenvalue weighted by molar-refractivity contribution is 6.05. The molecule has 3 amide bonds. The quantitative estimate of drug-likeness (QED) is 0.193. The van der Waals surface area contributed by atoms with Crippen LogP contribution in [0.2, 0.25) is 0 Å². The van der Waals surface area contributed by atoms with Gasteiger partial charge < -0.3 is 19.6 Å². The van der Waals surface area contributed by atoms with Gasteiger partial charge in [0, 0.05) is 56.3 Å². The van der Waals surface area contributed by atoms with Crippen LogP contribution in [0, 0.1) is 5.92 Å². The van der Waals surface area contributed by atoms with Gasteiger partial charge in [-0.3, -0.25) is 24.6 Å². The van der Waals surface area contributed by atoms with Crippen LogP contribution in [-0.2, 0) is 22.6 Å². The van der Waals surface area contributed by atoms with E-state index in [0.29, 0.717) is 36.1 Å². The number of hydrogen-bond acceptors (Lipinski definition) is 7. The Morgan fingerprint density at radius 1 is 0.778 bits per heavy atom.